The van der Waals surface area contributed by atoms with Crippen LogP contribution >= 0.6 is 0 Å². The zero-order valence-electron chi connectivity index (χ0n) is 11.1. The van der Waals surface area contributed by atoms with Crippen LogP contribution in [0.2, 0.25) is 0 Å². The van der Waals surface area contributed by atoms with Crippen LogP contribution in [-0.2, 0) is 0 Å². The maximum absolute atomic E-state index is 4.30. The van der Waals surface area contributed by atoms with Gasteiger partial charge in [-0.1, -0.05) is 13.8 Å². The minimum atomic E-state index is 0.463. The summed E-state index contributed by atoms with van der Waals surface area (Å²) in [6, 6.07) is 10.3. The van der Waals surface area contributed by atoms with Gasteiger partial charge in [-0.25, -0.2) is 9.36 Å². The Morgan fingerprint density at radius 3 is 1.74 bits per heavy atom. The Balaban J connectivity index is 2.15. The molecule has 0 unspecified atom stereocenters. The van der Waals surface area contributed by atoms with Gasteiger partial charge >= 0.3 is 0 Å². The lowest BCUT2D eigenvalue weighted by Crippen LogP contribution is -2.02. The van der Waals surface area contributed by atoms with Crippen molar-refractivity contribution < 1.29 is 0 Å². The van der Waals surface area contributed by atoms with Crippen LogP contribution in [0.3, 0.4) is 0 Å². The van der Waals surface area contributed by atoms with Crippen molar-refractivity contribution in [3.8, 4) is 11.4 Å². The normalized spacial score (nSPS) is 11.1. The third kappa shape index (κ3) is 2.29. The molecule has 3 rings (SSSR count). The van der Waals surface area contributed by atoms with Crippen LogP contribution < -0.4 is 0 Å². The molecule has 0 aliphatic heterocycles. The molecule has 0 aliphatic carbocycles. The molecule has 4 heteroatoms. The highest BCUT2D eigenvalue weighted by Gasteiger charge is 2.07. The predicted molar refractivity (Wildman–Crippen MR) is 74.8 cm³/mol. The van der Waals surface area contributed by atoms with Gasteiger partial charge in [0.05, 0.1) is 11.4 Å². The van der Waals surface area contributed by atoms with Crippen molar-refractivity contribution in [1.82, 2.24) is 19.6 Å². The quantitative estimate of drug-likeness (QED) is 0.717. The number of hydrogen-bond donors (Lipinski definition) is 0. The minimum absolute atomic E-state index is 0.463. The zero-order chi connectivity index (χ0) is 13.2. The molecular formula is C15H16N4. The van der Waals surface area contributed by atoms with Crippen molar-refractivity contribution in [3.63, 3.8) is 0 Å². The second-order valence-electron chi connectivity index (χ2n) is 4.84. The van der Waals surface area contributed by atoms with E-state index in [0.717, 1.165) is 11.4 Å². The second kappa shape index (κ2) is 4.72. The first-order valence-electron chi connectivity index (χ1n) is 6.39. The third-order valence-corrected chi connectivity index (χ3v) is 3.13. The van der Waals surface area contributed by atoms with E-state index in [2.05, 4.69) is 42.2 Å². The number of benzene rings is 1. The molecule has 3 aromatic rings. The van der Waals surface area contributed by atoms with Gasteiger partial charge in [0.1, 0.15) is 0 Å². The maximum atomic E-state index is 4.30. The summed E-state index contributed by atoms with van der Waals surface area (Å²) in [5.41, 5.74) is 3.39. The van der Waals surface area contributed by atoms with E-state index in [1.54, 1.807) is 12.4 Å². The number of aromatic nitrogens is 4. The van der Waals surface area contributed by atoms with Gasteiger partial charge in [-0.3, -0.25) is 0 Å². The largest absolute Gasteiger partial charge is 0.241 e. The molecule has 96 valence electrons. The maximum Gasteiger partial charge on any atom is 0.0669 e. The van der Waals surface area contributed by atoms with Gasteiger partial charge in [0, 0.05) is 24.8 Å². The van der Waals surface area contributed by atoms with Crippen LogP contribution in [0.4, 0.5) is 0 Å². The summed E-state index contributed by atoms with van der Waals surface area (Å²) in [5, 5.41) is 8.59. The van der Waals surface area contributed by atoms with E-state index in [4.69, 9.17) is 0 Å². The van der Waals surface area contributed by atoms with Crippen LogP contribution in [0.1, 0.15) is 25.3 Å². The van der Waals surface area contributed by atoms with E-state index < -0.39 is 0 Å². The van der Waals surface area contributed by atoms with Crippen molar-refractivity contribution in [2.45, 2.75) is 19.8 Å². The van der Waals surface area contributed by atoms with Gasteiger partial charge in [-0.05, 0) is 41.8 Å². The highest BCUT2D eigenvalue weighted by Crippen LogP contribution is 2.22. The highest BCUT2D eigenvalue weighted by atomic mass is 15.3. The number of nitrogens with zero attached hydrogens (tertiary/aromatic N) is 4. The molecule has 0 saturated carbocycles. The van der Waals surface area contributed by atoms with E-state index in [1.807, 2.05) is 33.9 Å². The number of rotatable bonds is 3. The Kier molecular flexibility index (Phi) is 2.91. The zero-order valence-corrected chi connectivity index (χ0v) is 11.1. The fourth-order valence-corrected chi connectivity index (χ4v) is 2.06. The van der Waals surface area contributed by atoms with Crippen molar-refractivity contribution in [1.29, 1.82) is 0 Å². The molecule has 0 radical (unpaired) electrons. The van der Waals surface area contributed by atoms with E-state index in [-0.39, 0.29) is 0 Å². The Hall–Kier alpha value is -2.36. The number of hydrogen-bond acceptors (Lipinski definition) is 2. The molecule has 2 heterocycles. The summed E-state index contributed by atoms with van der Waals surface area (Å²) >= 11 is 0. The van der Waals surface area contributed by atoms with Crippen LogP contribution in [0.5, 0.6) is 0 Å². The van der Waals surface area contributed by atoms with E-state index in [1.165, 1.54) is 5.56 Å². The van der Waals surface area contributed by atoms with Gasteiger partial charge in [-0.2, -0.15) is 10.2 Å². The molecular weight excluding hydrogens is 236 g/mol. The molecule has 0 saturated heterocycles. The van der Waals surface area contributed by atoms with Gasteiger partial charge in [0.2, 0.25) is 0 Å². The van der Waals surface area contributed by atoms with E-state index >= 15 is 0 Å². The summed E-state index contributed by atoms with van der Waals surface area (Å²) < 4.78 is 3.75. The lowest BCUT2D eigenvalue weighted by atomic mass is 10.0. The lowest BCUT2D eigenvalue weighted by molar-refractivity contribution is 0.824. The summed E-state index contributed by atoms with van der Waals surface area (Å²) in [4.78, 5) is 0. The Morgan fingerprint density at radius 2 is 1.37 bits per heavy atom. The van der Waals surface area contributed by atoms with Gasteiger partial charge in [-0.15, -0.1) is 0 Å². The molecule has 0 atom stereocenters. The van der Waals surface area contributed by atoms with Crippen molar-refractivity contribution >= 4 is 0 Å². The monoisotopic (exact) mass is 252 g/mol. The van der Waals surface area contributed by atoms with Crippen LogP contribution in [-0.4, -0.2) is 19.6 Å². The average Bonchev–Trinajstić information content (AvgIpc) is 3.11. The summed E-state index contributed by atoms with van der Waals surface area (Å²) in [6.45, 7) is 4.38. The molecule has 0 aliphatic rings. The topological polar surface area (TPSA) is 35.6 Å². The third-order valence-electron chi connectivity index (χ3n) is 3.13. The van der Waals surface area contributed by atoms with Crippen molar-refractivity contribution in [3.05, 3.63) is 60.7 Å². The molecule has 4 nitrogen and oxygen atoms in total. The molecule has 0 amide bonds. The first-order valence-corrected chi connectivity index (χ1v) is 6.39. The molecule has 0 N–H and O–H groups in total. The first-order chi connectivity index (χ1) is 9.24. The predicted octanol–water partition coefficient (Wildman–Crippen LogP) is 3.18. The standard InChI is InChI=1S/C15H16N4/c1-12(2)13-9-14(18-7-3-5-16-18)11-15(10-13)19-8-4-6-17-19/h3-12H,1-2H3. The summed E-state index contributed by atoms with van der Waals surface area (Å²) in [5.74, 6) is 0.463. The second-order valence-corrected chi connectivity index (χ2v) is 4.84. The van der Waals surface area contributed by atoms with Gasteiger partial charge < -0.3 is 0 Å². The molecule has 0 fully saturated rings. The molecule has 0 bridgehead atoms. The highest BCUT2D eigenvalue weighted by molar-refractivity contribution is 5.47. The Labute approximate surface area is 112 Å². The van der Waals surface area contributed by atoms with Crippen LogP contribution in [0, 0.1) is 0 Å². The van der Waals surface area contributed by atoms with Gasteiger partial charge in [0.15, 0.2) is 0 Å². The Morgan fingerprint density at radius 1 is 0.842 bits per heavy atom. The molecule has 2 aromatic heterocycles. The smallest absolute Gasteiger partial charge is 0.0669 e. The molecule has 19 heavy (non-hydrogen) atoms. The fourth-order valence-electron chi connectivity index (χ4n) is 2.06. The molecule has 0 spiro atoms. The molecule has 1 aromatic carbocycles. The first kappa shape index (κ1) is 11.7. The summed E-state index contributed by atoms with van der Waals surface area (Å²) in [6.07, 6.45) is 7.48. The Bertz CT molecular complexity index is 599. The van der Waals surface area contributed by atoms with E-state index in [0.29, 0.717) is 5.92 Å². The lowest BCUT2D eigenvalue weighted by Gasteiger charge is -2.12. The van der Waals surface area contributed by atoms with E-state index in [9.17, 15) is 0 Å². The van der Waals surface area contributed by atoms with Crippen LogP contribution in [0.15, 0.2) is 55.1 Å². The minimum Gasteiger partial charge on any atom is -0.241 e. The van der Waals surface area contributed by atoms with Crippen molar-refractivity contribution in [2.24, 2.45) is 0 Å². The van der Waals surface area contributed by atoms with Crippen LogP contribution in [0.25, 0.3) is 11.4 Å². The summed E-state index contributed by atoms with van der Waals surface area (Å²) in [7, 11) is 0. The fraction of sp³-hybridized carbons (Fsp3) is 0.200. The average molecular weight is 252 g/mol. The SMILES string of the molecule is CC(C)c1cc(-n2cccn2)cc(-n2cccn2)c1. The van der Waals surface area contributed by atoms with Crippen molar-refractivity contribution in [2.75, 3.05) is 0 Å². The van der Waals surface area contributed by atoms with Gasteiger partial charge in [0.25, 0.3) is 0 Å².